The van der Waals surface area contributed by atoms with Crippen LogP contribution in [0, 0.1) is 18.8 Å². The normalized spacial score (nSPS) is 17.8. The molecule has 2 aliphatic rings. The summed E-state index contributed by atoms with van der Waals surface area (Å²) in [4.78, 5) is 26.0. The Morgan fingerprint density at radius 1 is 1.10 bits per heavy atom. The Hall–Kier alpha value is -4.27. The first-order chi connectivity index (χ1) is 19.3. The first-order valence-electron chi connectivity index (χ1n) is 13.2. The zero-order valence-electron chi connectivity index (χ0n) is 22.3. The van der Waals surface area contributed by atoms with Crippen molar-refractivity contribution in [2.45, 2.75) is 55.6 Å². The molecule has 0 amide bonds. The van der Waals surface area contributed by atoms with Gasteiger partial charge in [0, 0.05) is 24.7 Å². The van der Waals surface area contributed by atoms with E-state index in [0.29, 0.717) is 52.7 Å². The summed E-state index contributed by atoms with van der Waals surface area (Å²) in [6.07, 6.45) is 1.89. The fraction of sp³-hybridized carbons (Fsp3) is 0.310. The minimum atomic E-state index is -3.81. The number of piperidine rings is 1. The number of nitrogens with zero attached hydrogens (tertiary/aromatic N) is 6. The van der Waals surface area contributed by atoms with Crippen molar-refractivity contribution >= 4 is 38.2 Å². The number of hydrogen-bond acceptors (Lipinski definition) is 8. The van der Waals surface area contributed by atoms with Crippen molar-refractivity contribution in [1.29, 1.82) is 0 Å². The maximum absolute atomic E-state index is 14.0. The van der Waals surface area contributed by atoms with E-state index in [0.717, 1.165) is 19.4 Å². The first-order valence-corrected chi connectivity index (χ1v) is 14.7. The van der Waals surface area contributed by atoms with Crippen molar-refractivity contribution in [2.24, 2.45) is 10.7 Å². The summed E-state index contributed by atoms with van der Waals surface area (Å²) in [5.74, 6) is 6.65. The average Bonchev–Trinajstić information content (AvgIpc) is 3.31. The number of aliphatic imine (C=N–C) groups is 1. The predicted octanol–water partition coefficient (Wildman–Crippen LogP) is 2.82. The number of benzene rings is 2. The smallest absolute Gasteiger partial charge is 0.293 e. The first kappa shape index (κ1) is 26.0. The third-order valence-electron chi connectivity index (χ3n) is 7.35. The summed E-state index contributed by atoms with van der Waals surface area (Å²) in [5, 5.41) is 4.60. The highest BCUT2D eigenvalue weighted by atomic mass is 32.2. The van der Waals surface area contributed by atoms with Crippen LogP contribution >= 0.6 is 0 Å². The van der Waals surface area contributed by atoms with E-state index < -0.39 is 9.84 Å². The van der Waals surface area contributed by atoms with Gasteiger partial charge in [-0.15, -0.1) is 5.92 Å². The molecule has 2 N–H and O–H groups in total. The number of hydrogen-bond donors (Lipinski definition) is 1. The number of imidazole rings is 1. The van der Waals surface area contributed by atoms with E-state index in [-0.39, 0.29) is 27.9 Å². The molecule has 0 aliphatic carbocycles. The average molecular weight is 556 g/mol. The SMILES string of the molecule is CC#CCn1c(N2CCCC(N)C2)nc2c(C)nn(CC3=Nc4ccccc4S(=O)(=O)c4ccccc43)c(=O)c21. The molecule has 1 atom stereocenters. The van der Waals surface area contributed by atoms with Crippen molar-refractivity contribution in [3.05, 3.63) is 70.1 Å². The highest BCUT2D eigenvalue weighted by Crippen LogP contribution is 2.35. The van der Waals surface area contributed by atoms with E-state index in [9.17, 15) is 13.2 Å². The summed E-state index contributed by atoms with van der Waals surface area (Å²) in [7, 11) is -3.81. The van der Waals surface area contributed by atoms with E-state index in [1.165, 1.54) is 4.68 Å². The topological polar surface area (TPSA) is 128 Å². The van der Waals surface area contributed by atoms with Crippen molar-refractivity contribution in [3.63, 3.8) is 0 Å². The molecule has 0 saturated carbocycles. The second-order valence-electron chi connectivity index (χ2n) is 10.0. The highest BCUT2D eigenvalue weighted by molar-refractivity contribution is 7.91. The molecule has 1 saturated heterocycles. The van der Waals surface area contributed by atoms with Gasteiger partial charge in [-0.05, 0) is 44.9 Å². The number of aryl methyl sites for hydroxylation is 1. The Labute approximate surface area is 232 Å². The monoisotopic (exact) mass is 555 g/mol. The highest BCUT2D eigenvalue weighted by Gasteiger charge is 2.30. The van der Waals surface area contributed by atoms with Gasteiger partial charge in [0.15, 0.2) is 0 Å². The number of para-hydroxylation sites is 1. The standard InChI is InChI=1S/C29H29N7O3S/c1-3-4-16-35-27-26(32-29(35)34-15-9-10-20(30)17-34)19(2)33-36(28(27)37)18-23-21-11-5-7-13-24(21)40(38,39)25-14-8-6-12-22(25)31-23/h5-8,11-14,20H,9-10,15-18,30H2,1-2H3. The molecule has 4 aromatic rings. The number of sulfone groups is 1. The molecule has 4 heterocycles. The van der Waals surface area contributed by atoms with Gasteiger partial charge in [0.2, 0.25) is 15.8 Å². The van der Waals surface area contributed by atoms with Crippen LogP contribution in [0.25, 0.3) is 11.0 Å². The van der Waals surface area contributed by atoms with Crippen LogP contribution in [0.3, 0.4) is 0 Å². The molecule has 1 unspecified atom stereocenters. The Balaban J connectivity index is 1.53. The molecular weight excluding hydrogens is 526 g/mol. The van der Waals surface area contributed by atoms with E-state index in [2.05, 4.69) is 21.8 Å². The molecule has 11 heteroatoms. The van der Waals surface area contributed by atoms with Crippen molar-refractivity contribution < 1.29 is 8.42 Å². The molecule has 204 valence electrons. The molecule has 2 aliphatic heterocycles. The number of fused-ring (bicyclic) bond motifs is 3. The van der Waals surface area contributed by atoms with Crippen LogP contribution in [-0.4, -0.2) is 52.6 Å². The van der Waals surface area contributed by atoms with Crippen molar-refractivity contribution in [1.82, 2.24) is 19.3 Å². The van der Waals surface area contributed by atoms with Crippen LogP contribution < -0.4 is 16.2 Å². The molecule has 6 rings (SSSR count). The van der Waals surface area contributed by atoms with Gasteiger partial charge in [0.1, 0.15) is 11.0 Å². The molecule has 0 radical (unpaired) electrons. The summed E-state index contributed by atoms with van der Waals surface area (Å²) >= 11 is 0. The minimum absolute atomic E-state index is 0.0228. The Morgan fingerprint density at radius 3 is 2.62 bits per heavy atom. The lowest BCUT2D eigenvalue weighted by atomic mass is 10.1. The molecule has 0 bridgehead atoms. The molecule has 1 fully saturated rings. The van der Waals surface area contributed by atoms with Crippen molar-refractivity contribution in [3.8, 4) is 11.8 Å². The van der Waals surface area contributed by atoms with E-state index >= 15 is 0 Å². The Morgan fingerprint density at radius 2 is 1.85 bits per heavy atom. The summed E-state index contributed by atoms with van der Waals surface area (Å²) < 4.78 is 30.3. The van der Waals surface area contributed by atoms with Crippen LogP contribution in [0.1, 0.15) is 31.0 Å². The number of anilines is 1. The lowest BCUT2D eigenvalue weighted by Crippen LogP contribution is -2.44. The molecule has 10 nitrogen and oxygen atoms in total. The van der Waals surface area contributed by atoms with E-state index in [1.807, 2.05) is 11.5 Å². The molecule has 0 spiro atoms. The van der Waals surface area contributed by atoms with Crippen molar-refractivity contribution in [2.75, 3.05) is 18.0 Å². The quantitative estimate of drug-likeness (QED) is 0.384. The summed E-state index contributed by atoms with van der Waals surface area (Å²) in [6, 6.07) is 13.4. The minimum Gasteiger partial charge on any atom is -0.341 e. The second kappa shape index (κ2) is 10.0. The van der Waals surface area contributed by atoms with Gasteiger partial charge in [-0.2, -0.15) is 5.10 Å². The van der Waals surface area contributed by atoms with Crippen LogP contribution in [0.2, 0.25) is 0 Å². The zero-order valence-corrected chi connectivity index (χ0v) is 23.1. The second-order valence-corrected chi connectivity index (χ2v) is 11.9. The van der Waals surface area contributed by atoms with E-state index in [4.69, 9.17) is 15.7 Å². The molecular formula is C29H29N7O3S. The maximum Gasteiger partial charge on any atom is 0.293 e. The van der Waals surface area contributed by atoms with Crippen LogP contribution in [0.15, 0.2) is 68.1 Å². The molecule has 2 aromatic carbocycles. The summed E-state index contributed by atoms with van der Waals surface area (Å²) in [5.41, 5.74) is 8.61. The Bertz CT molecular complexity index is 1910. The number of rotatable bonds is 4. The lowest BCUT2D eigenvalue weighted by Gasteiger charge is -2.31. The van der Waals surface area contributed by atoms with Crippen LogP contribution in [0.5, 0.6) is 0 Å². The fourth-order valence-corrected chi connectivity index (χ4v) is 7.07. The van der Waals surface area contributed by atoms with Crippen LogP contribution in [-0.2, 0) is 22.9 Å². The lowest BCUT2D eigenvalue weighted by molar-refractivity contribution is 0.496. The third-order valence-corrected chi connectivity index (χ3v) is 9.21. The largest absolute Gasteiger partial charge is 0.341 e. The molecule has 2 aromatic heterocycles. The van der Waals surface area contributed by atoms with E-state index in [1.54, 1.807) is 55.5 Å². The molecule has 40 heavy (non-hydrogen) atoms. The van der Waals surface area contributed by atoms with Gasteiger partial charge in [0.25, 0.3) is 5.56 Å². The van der Waals surface area contributed by atoms with Gasteiger partial charge < -0.3 is 10.6 Å². The predicted molar refractivity (Wildman–Crippen MR) is 154 cm³/mol. The number of aromatic nitrogens is 4. The van der Waals surface area contributed by atoms with Gasteiger partial charge in [0.05, 0.1) is 40.0 Å². The van der Waals surface area contributed by atoms with Gasteiger partial charge in [-0.3, -0.25) is 9.36 Å². The van der Waals surface area contributed by atoms with Gasteiger partial charge >= 0.3 is 0 Å². The fourth-order valence-electron chi connectivity index (χ4n) is 5.46. The zero-order chi connectivity index (χ0) is 28.0. The third kappa shape index (κ3) is 4.29. The van der Waals surface area contributed by atoms with Crippen LogP contribution in [0.4, 0.5) is 11.6 Å². The maximum atomic E-state index is 14.0. The number of nitrogens with two attached hydrogens (primary N) is 1. The summed E-state index contributed by atoms with van der Waals surface area (Å²) in [6.45, 7) is 5.28. The van der Waals surface area contributed by atoms with Gasteiger partial charge in [-0.1, -0.05) is 36.3 Å². The van der Waals surface area contributed by atoms with Gasteiger partial charge in [-0.25, -0.2) is 23.1 Å². The Kier molecular flexibility index (Phi) is 6.52.